The fraction of sp³-hybridized carbons (Fsp3) is 0.364. The predicted octanol–water partition coefficient (Wildman–Crippen LogP) is 2.52. The molecule has 0 aliphatic heterocycles. The van der Waals surface area contributed by atoms with Gasteiger partial charge in [0.15, 0.2) is 0 Å². The van der Waals surface area contributed by atoms with Crippen molar-refractivity contribution in [1.82, 2.24) is 15.2 Å². The van der Waals surface area contributed by atoms with Crippen molar-refractivity contribution in [1.29, 1.82) is 0 Å². The van der Waals surface area contributed by atoms with Gasteiger partial charge in [-0.15, -0.1) is 10.2 Å². The van der Waals surface area contributed by atoms with E-state index in [9.17, 15) is 10.1 Å². The highest BCUT2D eigenvalue weighted by Crippen LogP contribution is 2.39. The van der Waals surface area contributed by atoms with Gasteiger partial charge in [-0.1, -0.05) is 11.6 Å². The van der Waals surface area contributed by atoms with Crippen LogP contribution in [0, 0.1) is 10.1 Å². The summed E-state index contributed by atoms with van der Waals surface area (Å²) in [5.41, 5.74) is -0.158. The van der Waals surface area contributed by atoms with E-state index < -0.39 is 4.92 Å². The summed E-state index contributed by atoms with van der Waals surface area (Å²) in [5.74, 6) is 1.83. The first-order chi connectivity index (χ1) is 9.63. The molecule has 1 N–H and O–H groups in total. The summed E-state index contributed by atoms with van der Waals surface area (Å²) < 4.78 is 5.47. The number of aromatic nitrogens is 3. The Bertz CT molecular complexity index is 655. The minimum absolute atomic E-state index is 0.158. The quantitative estimate of drug-likeness (QED) is 0.667. The molecule has 0 atom stereocenters. The summed E-state index contributed by atoms with van der Waals surface area (Å²) in [5, 5.41) is 21.5. The molecular weight excluding hydrogens is 286 g/mol. The average molecular weight is 296 g/mol. The molecule has 1 aliphatic rings. The number of hydrogen-bond acceptors (Lipinski definition) is 7. The Morgan fingerprint density at radius 1 is 1.50 bits per heavy atom. The van der Waals surface area contributed by atoms with Crippen molar-refractivity contribution < 1.29 is 9.34 Å². The lowest BCUT2D eigenvalue weighted by atomic mass is 10.4. The lowest BCUT2D eigenvalue weighted by molar-refractivity contribution is -0.385. The van der Waals surface area contributed by atoms with Gasteiger partial charge in [-0.25, -0.2) is 4.98 Å². The molecule has 2 aromatic rings. The number of halogens is 1. The van der Waals surface area contributed by atoms with E-state index in [4.69, 9.17) is 16.0 Å². The zero-order valence-corrected chi connectivity index (χ0v) is 11.0. The highest BCUT2D eigenvalue weighted by molar-refractivity contribution is 6.33. The topological polar surface area (TPSA) is 107 Å². The molecule has 1 fully saturated rings. The Kier molecular flexibility index (Phi) is 3.23. The first-order valence-corrected chi connectivity index (χ1v) is 6.37. The molecule has 0 unspecified atom stereocenters. The van der Waals surface area contributed by atoms with E-state index in [0.29, 0.717) is 23.5 Å². The van der Waals surface area contributed by atoms with Gasteiger partial charge in [-0.3, -0.25) is 10.1 Å². The maximum Gasteiger partial charge on any atom is 0.289 e. The van der Waals surface area contributed by atoms with Crippen LogP contribution >= 0.6 is 11.6 Å². The van der Waals surface area contributed by atoms with Gasteiger partial charge in [0.05, 0.1) is 16.5 Å². The molecule has 0 saturated heterocycles. The maximum atomic E-state index is 10.6. The molecule has 2 heterocycles. The first-order valence-electron chi connectivity index (χ1n) is 5.99. The number of hydrogen-bond donors (Lipinski definition) is 1. The van der Waals surface area contributed by atoms with Crippen molar-refractivity contribution in [2.24, 2.45) is 0 Å². The van der Waals surface area contributed by atoms with Crippen LogP contribution in [-0.2, 0) is 6.54 Å². The number of nitrogens with one attached hydrogen (secondary N) is 1. The van der Waals surface area contributed by atoms with Crippen LogP contribution in [0.15, 0.2) is 16.7 Å². The minimum Gasteiger partial charge on any atom is -0.423 e. The van der Waals surface area contributed by atoms with Crippen LogP contribution in [0.1, 0.15) is 30.5 Å². The number of nitrogens with zero attached hydrogens (tertiary/aromatic N) is 4. The van der Waals surface area contributed by atoms with Crippen LogP contribution in [0.5, 0.6) is 0 Å². The fourth-order valence-electron chi connectivity index (χ4n) is 1.65. The molecule has 0 aromatic carbocycles. The Morgan fingerprint density at radius 2 is 2.30 bits per heavy atom. The van der Waals surface area contributed by atoms with Crippen LogP contribution in [0.2, 0.25) is 5.02 Å². The summed E-state index contributed by atoms with van der Waals surface area (Å²) >= 11 is 5.91. The second kappa shape index (κ2) is 5.04. The third-order valence-electron chi connectivity index (χ3n) is 2.85. The van der Waals surface area contributed by atoms with Crippen molar-refractivity contribution in [3.63, 3.8) is 0 Å². The monoisotopic (exact) mass is 295 g/mol. The van der Waals surface area contributed by atoms with Gasteiger partial charge in [0.1, 0.15) is 12.0 Å². The standard InChI is InChI=1S/C11H10ClN5O3/c12-8-3-7(17(18)19)4-13-10(8)14-5-9-15-16-11(20-9)6-1-2-6/h3-4,6H,1-2,5H2,(H,13,14). The number of pyridine rings is 1. The Labute approximate surface area is 118 Å². The summed E-state index contributed by atoms with van der Waals surface area (Å²) in [7, 11) is 0. The molecule has 8 nitrogen and oxygen atoms in total. The highest BCUT2D eigenvalue weighted by Gasteiger charge is 2.29. The number of nitro groups is 1. The molecule has 0 amide bonds. The zero-order valence-electron chi connectivity index (χ0n) is 10.2. The lowest BCUT2D eigenvalue weighted by Gasteiger charge is -2.04. The fourth-order valence-corrected chi connectivity index (χ4v) is 1.88. The van der Waals surface area contributed by atoms with Gasteiger partial charge < -0.3 is 9.73 Å². The van der Waals surface area contributed by atoms with Crippen molar-refractivity contribution in [2.45, 2.75) is 25.3 Å². The van der Waals surface area contributed by atoms with E-state index in [2.05, 4.69) is 20.5 Å². The molecule has 0 radical (unpaired) electrons. The summed E-state index contributed by atoms with van der Waals surface area (Å²) in [6, 6.07) is 1.24. The highest BCUT2D eigenvalue weighted by atomic mass is 35.5. The van der Waals surface area contributed by atoms with Gasteiger partial charge in [0.2, 0.25) is 11.8 Å². The summed E-state index contributed by atoms with van der Waals surface area (Å²) in [6.07, 6.45) is 3.31. The average Bonchev–Trinajstić information content (AvgIpc) is 3.17. The van der Waals surface area contributed by atoms with Crippen molar-refractivity contribution in [3.8, 4) is 0 Å². The van der Waals surface area contributed by atoms with Gasteiger partial charge in [-0.2, -0.15) is 0 Å². The van der Waals surface area contributed by atoms with Crippen molar-refractivity contribution >= 4 is 23.1 Å². The second-order valence-electron chi connectivity index (χ2n) is 4.44. The van der Waals surface area contributed by atoms with E-state index >= 15 is 0 Å². The number of rotatable bonds is 5. The molecule has 104 valence electrons. The Hall–Kier alpha value is -2.22. The molecule has 3 rings (SSSR count). The van der Waals surface area contributed by atoms with Gasteiger partial charge in [0, 0.05) is 12.0 Å². The van der Waals surface area contributed by atoms with E-state index in [-0.39, 0.29) is 17.3 Å². The SMILES string of the molecule is O=[N+]([O-])c1cnc(NCc2nnc(C3CC3)o2)c(Cl)c1. The Morgan fingerprint density at radius 3 is 2.95 bits per heavy atom. The smallest absolute Gasteiger partial charge is 0.289 e. The maximum absolute atomic E-state index is 10.6. The van der Waals surface area contributed by atoms with Crippen molar-refractivity contribution in [3.05, 3.63) is 39.2 Å². The molecule has 0 bridgehead atoms. The Balaban J connectivity index is 1.66. The normalized spacial score (nSPS) is 14.2. The summed E-state index contributed by atoms with van der Waals surface area (Å²) in [6.45, 7) is 0.268. The van der Waals surface area contributed by atoms with Crippen molar-refractivity contribution in [2.75, 3.05) is 5.32 Å². The summed E-state index contributed by atoms with van der Waals surface area (Å²) in [4.78, 5) is 13.9. The largest absolute Gasteiger partial charge is 0.423 e. The molecule has 1 saturated carbocycles. The molecule has 2 aromatic heterocycles. The van der Waals surface area contributed by atoms with Crippen LogP contribution in [-0.4, -0.2) is 20.1 Å². The number of anilines is 1. The third-order valence-corrected chi connectivity index (χ3v) is 3.14. The molecular formula is C11H10ClN5O3. The second-order valence-corrected chi connectivity index (χ2v) is 4.85. The first kappa shape index (κ1) is 12.8. The van der Waals surface area contributed by atoms with Crippen LogP contribution in [0.4, 0.5) is 11.5 Å². The van der Waals surface area contributed by atoms with E-state index in [0.717, 1.165) is 19.0 Å². The van der Waals surface area contributed by atoms with Crippen LogP contribution in [0.25, 0.3) is 0 Å². The zero-order chi connectivity index (χ0) is 14.1. The van der Waals surface area contributed by atoms with Crippen LogP contribution in [0.3, 0.4) is 0 Å². The van der Waals surface area contributed by atoms with E-state index in [1.165, 1.54) is 6.07 Å². The van der Waals surface area contributed by atoms with Gasteiger partial charge >= 0.3 is 0 Å². The predicted molar refractivity (Wildman–Crippen MR) is 69.5 cm³/mol. The molecule has 20 heavy (non-hydrogen) atoms. The van der Waals surface area contributed by atoms with E-state index in [1.807, 2.05) is 0 Å². The van der Waals surface area contributed by atoms with Gasteiger partial charge in [-0.05, 0) is 12.8 Å². The molecule has 0 spiro atoms. The lowest BCUT2D eigenvalue weighted by Crippen LogP contribution is -2.03. The van der Waals surface area contributed by atoms with Crippen LogP contribution < -0.4 is 5.32 Å². The third kappa shape index (κ3) is 2.69. The minimum atomic E-state index is -0.553. The molecule has 1 aliphatic carbocycles. The van der Waals surface area contributed by atoms with E-state index in [1.54, 1.807) is 0 Å². The molecule has 9 heteroatoms. The van der Waals surface area contributed by atoms with Gasteiger partial charge in [0.25, 0.3) is 5.69 Å².